The predicted octanol–water partition coefficient (Wildman–Crippen LogP) is 3.27. The average Bonchev–Trinajstić information content (AvgIpc) is 3.26. The summed E-state index contributed by atoms with van der Waals surface area (Å²) in [5, 5.41) is 21.7. The van der Waals surface area contributed by atoms with Crippen molar-refractivity contribution in [2.24, 2.45) is 0 Å². The molecule has 1 N–H and O–H groups in total. The summed E-state index contributed by atoms with van der Waals surface area (Å²) in [4.78, 5) is 10.2. The fourth-order valence-corrected chi connectivity index (χ4v) is 2.67. The number of rotatable bonds is 5. The predicted molar refractivity (Wildman–Crippen MR) is 88.2 cm³/mol. The van der Waals surface area contributed by atoms with Crippen molar-refractivity contribution in [3.63, 3.8) is 0 Å². The Morgan fingerprint density at radius 3 is 2.72 bits per heavy atom. The number of nitrogens with zero attached hydrogens (tertiary/aromatic N) is 3. The van der Waals surface area contributed by atoms with Crippen LogP contribution < -0.4 is 10.1 Å². The molecule has 0 bridgehead atoms. The monoisotopic (exact) mass is 338 g/mol. The molecule has 1 aliphatic rings. The number of hydrogen-bond donors (Lipinski definition) is 1. The number of non-ortho nitro benzene ring substituents is 1. The minimum atomic E-state index is -0.429. The van der Waals surface area contributed by atoms with Gasteiger partial charge in [0.2, 0.25) is 0 Å². The molecule has 2 aromatic carbocycles. The lowest BCUT2D eigenvalue weighted by atomic mass is 10.1. The number of anilines is 1. The first-order valence-electron chi connectivity index (χ1n) is 7.74. The molecule has 126 valence electrons. The fourth-order valence-electron chi connectivity index (χ4n) is 2.67. The number of para-hydroxylation sites is 1. The Labute approximate surface area is 142 Å². The number of nitro benzene ring substituents is 1. The lowest BCUT2D eigenvalue weighted by Gasteiger charge is -2.05. The van der Waals surface area contributed by atoms with Gasteiger partial charge in [0.15, 0.2) is 6.10 Å². The molecule has 8 heteroatoms. The summed E-state index contributed by atoms with van der Waals surface area (Å²) in [5.74, 6) is 1.26. The Bertz CT molecular complexity index is 882. The summed E-state index contributed by atoms with van der Waals surface area (Å²) in [5.41, 5.74) is 2.04. The molecular formula is C17H14N4O4. The molecule has 8 nitrogen and oxygen atoms in total. The maximum atomic E-state index is 10.6. The van der Waals surface area contributed by atoms with E-state index in [-0.39, 0.29) is 17.8 Å². The third kappa shape index (κ3) is 3.14. The second-order valence-corrected chi connectivity index (χ2v) is 5.64. The number of fused-ring (bicyclic) bond motifs is 1. The number of nitrogens with one attached hydrogen (secondary N) is 1. The number of aromatic nitrogens is 2. The summed E-state index contributed by atoms with van der Waals surface area (Å²) in [6, 6.07) is 14.4. The van der Waals surface area contributed by atoms with E-state index in [2.05, 4.69) is 15.5 Å². The summed E-state index contributed by atoms with van der Waals surface area (Å²) in [6.07, 6.45) is 0.417. The van der Waals surface area contributed by atoms with Crippen LogP contribution in [0.4, 0.5) is 11.7 Å². The molecule has 2 heterocycles. The van der Waals surface area contributed by atoms with Gasteiger partial charge in [0.25, 0.3) is 11.6 Å². The van der Waals surface area contributed by atoms with Gasteiger partial charge in [0, 0.05) is 25.1 Å². The largest absolute Gasteiger partial charge is 0.480 e. The molecule has 1 atom stereocenters. The molecule has 0 aliphatic carbocycles. The minimum Gasteiger partial charge on any atom is -0.480 e. The average molecular weight is 338 g/mol. The van der Waals surface area contributed by atoms with Crippen LogP contribution in [0.2, 0.25) is 0 Å². The normalized spacial score (nSPS) is 15.4. The lowest BCUT2D eigenvalue weighted by molar-refractivity contribution is -0.384. The highest BCUT2D eigenvalue weighted by Gasteiger charge is 2.28. The topological polar surface area (TPSA) is 103 Å². The summed E-state index contributed by atoms with van der Waals surface area (Å²) >= 11 is 0. The van der Waals surface area contributed by atoms with Crippen LogP contribution in [-0.4, -0.2) is 15.1 Å². The van der Waals surface area contributed by atoms with Crippen molar-refractivity contribution >= 4 is 11.7 Å². The molecule has 0 radical (unpaired) electrons. The van der Waals surface area contributed by atoms with Crippen molar-refractivity contribution in [1.82, 2.24) is 10.2 Å². The zero-order valence-electron chi connectivity index (χ0n) is 13.1. The van der Waals surface area contributed by atoms with Gasteiger partial charge in [0.05, 0.1) is 4.92 Å². The van der Waals surface area contributed by atoms with Gasteiger partial charge in [-0.2, -0.15) is 0 Å². The van der Waals surface area contributed by atoms with Crippen LogP contribution in [0.3, 0.4) is 0 Å². The molecule has 0 amide bonds. The van der Waals surface area contributed by atoms with Gasteiger partial charge in [-0.15, -0.1) is 5.10 Å². The maximum Gasteiger partial charge on any atom is 0.315 e. The van der Waals surface area contributed by atoms with Crippen LogP contribution in [0.5, 0.6) is 5.75 Å². The summed E-state index contributed by atoms with van der Waals surface area (Å²) in [7, 11) is 0. The molecule has 1 aliphatic heterocycles. The van der Waals surface area contributed by atoms with Crippen LogP contribution in [0.1, 0.15) is 23.1 Å². The molecule has 0 saturated heterocycles. The SMILES string of the molecule is O=[N+]([O-])c1ccc(CNc2nnc([C@H]3Cc4ccccc4O3)o2)cc1. The second-order valence-electron chi connectivity index (χ2n) is 5.64. The van der Waals surface area contributed by atoms with Gasteiger partial charge < -0.3 is 14.5 Å². The lowest BCUT2D eigenvalue weighted by Crippen LogP contribution is -2.03. The highest BCUT2D eigenvalue weighted by atomic mass is 16.6. The molecule has 0 saturated carbocycles. The van der Waals surface area contributed by atoms with E-state index in [4.69, 9.17) is 9.15 Å². The zero-order chi connectivity index (χ0) is 17.2. The van der Waals surface area contributed by atoms with E-state index in [9.17, 15) is 10.1 Å². The molecule has 1 aromatic heterocycles. The standard InChI is InChI=1S/C17H14N4O4/c22-21(23)13-7-5-11(6-8-13)10-18-17-20-19-16(25-17)15-9-12-3-1-2-4-14(12)24-15/h1-8,15H,9-10H2,(H,18,20)/t15-/m1/s1. The van der Waals surface area contributed by atoms with E-state index < -0.39 is 4.92 Å². The zero-order valence-corrected chi connectivity index (χ0v) is 13.1. The van der Waals surface area contributed by atoms with E-state index in [1.54, 1.807) is 12.1 Å². The molecule has 25 heavy (non-hydrogen) atoms. The van der Waals surface area contributed by atoms with Crippen molar-refractivity contribution in [3.05, 3.63) is 75.7 Å². The van der Waals surface area contributed by atoms with Crippen molar-refractivity contribution in [3.8, 4) is 5.75 Å². The van der Waals surface area contributed by atoms with Gasteiger partial charge >= 0.3 is 6.01 Å². The van der Waals surface area contributed by atoms with Gasteiger partial charge in [-0.25, -0.2) is 0 Å². The Morgan fingerprint density at radius 1 is 1.16 bits per heavy atom. The van der Waals surface area contributed by atoms with Crippen LogP contribution in [0, 0.1) is 10.1 Å². The van der Waals surface area contributed by atoms with Crippen molar-refractivity contribution < 1.29 is 14.1 Å². The van der Waals surface area contributed by atoms with Crippen LogP contribution in [0.25, 0.3) is 0 Å². The Balaban J connectivity index is 1.38. The van der Waals surface area contributed by atoms with Crippen LogP contribution in [-0.2, 0) is 13.0 Å². The molecule has 3 aromatic rings. The Kier molecular flexibility index (Phi) is 3.77. The fraction of sp³-hybridized carbons (Fsp3) is 0.176. The number of benzene rings is 2. The van der Waals surface area contributed by atoms with E-state index in [1.807, 2.05) is 24.3 Å². The van der Waals surface area contributed by atoms with Gasteiger partial charge in [-0.1, -0.05) is 35.4 Å². The smallest absolute Gasteiger partial charge is 0.315 e. The van der Waals surface area contributed by atoms with E-state index in [0.29, 0.717) is 18.9 Å². The first kappa shape index (κ1) is 15.1. The van der Waals surface area contributed by atoms with Crippen molar-refractivity contribution in [2.45, 2.75) is 19.1 Å². The van der Waals surface area contributed by atoms with Crippen LogP contribution in [0.15, 0.2) is 52.9 Å². The number of ether oxygens (including phenoxy) is 1. The molecule has 0 unspecified atom stereocenters. The summed E-state index contributed by atoms with van der Waals surface area (Å²) in [6.45, 7) is 0.422. The van der Waals surface area contributed by atoms with Gasteiger partial charge in [-0.3, -0.25) is 10.1 Å². The first-order chi connectivity index (χ1) is 12.2. The maximum absolute atomic E-state index is 10.6. The van der Waals surface area contributed by atoms with Crippen molar-refractivity contribution in [1.29, 1.82) is 0 Å². The Hall–Kier alpha value is -3.42. The van der Waals surface area contributed by atoms with Gasteiger partial charge in [-0.05, 0) is 17.2 Å². The first-order valence-corrected chi connectivity index (χ1v) is 7.74. The van der Waals surface area contributed by atoms with E-state index in [0.717, 1.165) is 16.9 Å². The molecule has 0 spiro atoms. The quantitative estimate of drug-likeness (QED) is 0.562. The summed E-state index contributed by atoms with van der Waals surface area (Å²) < 4.78 is 11.4. The molecule has 4 rings (SSSR count). The Morgan fingerprint density at radius 2 is 1.96 bits per heavy atom. The number of hydrogen-bond acceptors (Lipinski definition) is 7. The third-order valence-corrected chi connectivity index (χ3v) is 3.95. The molecular weight excluding hydrogens is 324 g/mol. The second kappa shape index (κ2) is 6.23. The third-order valence-electron chi connectivity index (χ3n) is 3.95. The van der Waals surface area contributed by atoms with Crippen LogP contribution >= 0.6 is 0 Å². The van der Waals surface area contributed by atoms with E-state index >= 15 is 0 Å². The van der Waals surface area contributed by atoms with Gasteiger partial charge in [0.1, 0.15) is 5.75 Å². The molecule has 0 fully saturated rings. The number of nitro groups is 1. The highest BCUT2D eigenvalue weighted by Crippen LogP contribution is 2.36. The highest BCUT2D eigenvalue weighted by molar-refractivity contribution is 5.38. The van der Waals surface area contributed by atoms with E-state index in [1.165, 1.54) is 12.1 Å². The minimum absolute atomic E-state index is 0.0572. The van der Waals surface area contributed by atoms with Crippen molar-refractivity contribution in [2.75, 3.05) is 5.32 Å².